The number of hydrogen-bond acceptors (Lipinski definition) is 2. The van der Waals surface area contributed by atoms with Crippen molar-refractivity contribution < 1.29 is 0 Å². The third kappa shape index (κ3) is 2.74. The Kier molecular flexibility index (Phi) is 4.63. The second-order valence-corrected chi connectivity index (χ2v) is 6.14. The van der Waals surface area contributed by atoms with Gasteiger partial charge in [0.05, 0.1) is 0 Å². The van der Waals surface area contributed by atoms with Gasteiger partial charge in [-0.05, 0) is 54.1 Å². The van der Waals surface area contributed by atoms with E-state index in [4.69, 9.17) is 0 Å². The Morgan fingerprint density at radius 1 is 1.35 bits per heavy atom. The molecule has 0 bridgehead atoms. The summed E-state index contributed by atoms with van der Waals surface area (Å²) in [6.45, 7) is 4.61. The summed E-state index contributed by atoms with van der Waals surface area (Å²) in [6, 6.07) is 0.575. The predicted molar refractivity (Wildman–Crippen MR) is 76.6 cm³/mol. The molecule has 1 nitrogen and oxygen atoms in total. The van der Waals surface area contributed by atoms with Crippen LogP contribution in [0.3, 0.4) is 0 Å². The largest absolute Gasteiger partial charge is 0.313 e. The maximum absolute atomic E-state index is 3.59. The molecule has 17 heavy (non-hydrogen) atoms. The standard InChI is InChI=1S/C15H25NS/c1-4-12-7-5-6-8-13(12)15(16-3)14-10-17-9-11(14)2/h9-10,12-13,15-16H,4-8H2,1-3H3. The summed E-state index contributed by atoms with van der Waals surface area (Å²) < 4.78 is 0. The predicted octanol–water partition coefficient (Wildman–Crippen LogP) is 4.53. The molecule has 2 rings (SSSR count). The lowest BCUT2D eigenvalue weighted by atomic mass is 9.72. The molecule has 1 N–H and O–H groups in total. The minimum absolute atomic E-state index is 0.575. The van der Waals surface area contributed by atoms with Crippen LogP contribution >= 0.6 is 11.3 Å². The third-order valence-corrected chi connectivity index (χ3v) is 5.34. The van der Waals surface area contributed by atoms with Gasteiger partial charge in [0, 0.05) is 6.04 Å². The second-order valence-electron chi connectivity index (χ2n) is 5.39. The summed E-state index contributed by atoms with van der Waals surface area (Å²) in [5, 5.41) is 8.21. The van der Waals surface area contributed by atoms with Gasteiger partial charge in [0.1, 0.15) is 0 Å². The maximum atomic E-state index is 3.59. The van der Waals surface area contributed by atoms with Gasteiger partial charge in [-0.1, -0.05) is 32.6 Å². The number of hydrogen-bond donors (Lipinski definition) is 1. The zero-order valence-electron chi connectivity index (χ0n) is 11.3. The Bertz CT molecular complexity index is 344. The van der Waals surface area contributed by atoms with E-state index in [1.54, 1.807) is 5.56 Å². The summed E-state index contributed by atoms with van der Waals surface area (Å²) >= 11 is 1.84. The molecule has 0 aliphatic heterocycles. The molecule has 1 fully saturated rings. The number of thiophene rings is 1. The summed E-state index contributed by atoms with van der Waals surface area (Å²) in [6.07, 6.45) is 7.03. The molecule has 1 aliphatic rings. The topological polar surface area (TPSA) is 12.0 Å². The molecule has 1 aliphatic carbocycles. The molecule has 0 spiro atoms. The molecule has 0 saturated heterocycles. The monoisotopic (exact) mass is 251 g/mol. The lowest BCUT2D eigenvalue weighted by Gasteiger charge is -2.37. The van der Waals surface area contributed by atoms with E-state index in [1.807, 2.05) is 11.3 Å². The van der Waals surface area contributed by atoms with Crippen molar-refractivity contribution in [1.29, 1.82) is 0 Å². The SMILES string of the molecule is CCC1CCCCC1C(NC)c1cscc1C. The molecule has 3 atom stereocenters. The molecule has 0 radical (unpaired) electrons. The van der Waals surface area contributed by atoms with Crippen LogP contribution in [0.1, 0.15) is 56.2 Å². The maximum Gasteiger partial charge on any atom is 0.0359 e. The first-order valence-corrected chi connectivity index (χ1v) is 7.92. The summed E-state index contributed by atoms with van der Waals surface area (Å²) in [4.78, 5) is 0. The van der Waals surface area contributed by atoms with E-state index < -0.39 is 0 Å². The van der Waals surface area contributed by atoms with Crippen molar-refractivity contribution in [3.63, 3.8) is 0 Å². The van der Waals surface area contributed by atoms with Crippen molar-refractivity contribution >= 4 is 11.3 Å². The highest BCUT2D eigenvalue weighted by atomic mass is 32.1. The van der Waals surface area contributed by atoms with E-state index in [1.165, 1.54) is 37.7 Å². The van der Waals surface area contributed by atoms with Gasteiger partial charge in [0.15, 0.2) is 0 Å². The van der Waals surface area contributed by atoms with E-state index in [0.717, 1.165) is 11.8 Å². The Labute approximate surface area is 110 Å². The Morgan fingerprint density at radius 2 is 2.12 bits per heavy atom. The van der Waals surface area contributed by atoms with Crippen LogP contribution in [0.15, 0.2) is 10.8 Å². The highest BCUT2D eigenvalue weighted by molar-refractivity contribution is 7.08. The van der Waals surface area contributed by atoms with Gasteiger partial charge >= 0.3 is 0 Å². The molecule has 1 aromatic heterocycles. The van der Waals surface area contributed by atoms with E-state index in [-0.39, 0.29) is 0 Å². The van der Waals surface area contributed by atoms with E-state index in [2.05, 4.69) is 37.0 Å². The summed E-state index contributed by atoms with van der Waals surface area (Å²) in [5.74, 6) is 1.76. The van der Waals surface area contributed by atoms with Crippen molar-refractivity contribution in [1.82, 2.24) is 5.32 Å². The highest BCUT2D eigenvalue weighted by Gasteiger charge is 2.31. The smallest absolute Gasteiger partial charge is 0.0359 e. The molecular formula is C15H25NS. The van der Waals surface area contributed by atoms with Crippen LogP contribution in [0.5, 0.6) is 0 Å². The number of nitrogens with one attached hydrogen (secondary N) is 1. The summed E-state index contributed by atoms with van der Waals surface area (Å²) in [5.41, 5.74) is 3.01. The van der Waals surface area contributed by atoms with Gasteiger partial charge in [0.2, 0.25) is 0 Å². The number of aryl methyl sites for hydroxylation is 1. The third-order valence-electron chi connectivity index (χ3n) is 4.46. The molecule has 1 aromatic rings. The summed E-state index contributed by atoms with van der Waals surface area (Å²) in [7, 11) is 2.13. The Hall–Kier alpha value is -0.340. The van der Waals surface area contributed by atoms with Crippen molar-refractivity contribution in [3.05, 3.63) is 21.9 Å². The molecule has 96 valence electrons. The molecule has 3 unspecified atom stereocenters. The first kappa shape index (κ1) is 13.1. The Morgan fingerprint density at radius 3 is 2.71 bits per heavy atom. The Balaban J connectivity index is 2.19. The molecule has 1 saturated carbocycles. The minimum atomic E-state index is 0.575. The number of rotatable bonds is 4. The molecule has 1 heterocycles. The van der Waals surface area contributed by atoms with Crippen molar-refractivity contribution in [2.75, 3.05) is 7.05 Å². The van der Waals surface area contributed by atoms with Crippen molar-refractivity contribution in [2.45, 2.75) is 52.0 Å². The van der Waals surface area contributed by atoms with E-state index in [0.29, 0.717) is 6.04 Å². The van der Waals surface area contributed by atoms with Gasteiger partial charge in [-0.25, -0.2) is 0 Å². The van der Waals surface area contributed by atoms with Crippen LogP contribution in [-0.4, -0.2) is 7.05 Å². The first-order chi connectivity index (χ1) is 8.27. The fourth-order valence-electron chi connectivity index (χ4n) is 3.47. The average Bonchev–Trinajstić information content (AvgIpc) is 2.78. The van der Waals surface area contributed by atoms with Gasteiger partial charge in [0.25, 0.3) is 0 Å². The van der Waals surface area contributed by atoms with Gasteiger partial charge in [-0.15, -0.1) is 0 Å². The van der Waals surface area contributed by atoms with Crippen LogP contribution in [-0.2, 0) is 0 Å². The molecular weight excluding hydrogens is 226 g/mol. The van der Waals surface area contributed by atoms with Crippen LogP contribution in [0, 0.1) is 18.8 Å². The molecule has 0 aromatic carbocycles. The van der Waals surface area contributed by atoms with Crippen LogP contribution < -0.4 is 5.32 Å². The first-order valence-electron chi connectivity index (χ1n) is 6.97. The van der Waals surface area contributed by atoms with Crippen molar-refractivity contribution in [2.24, 2.45) is 11.8 Å². The van der Waals surface area contributed by atoms with Gasteiger partial charge < -0.3 is 5.32 Å². The lowest BCUT2D eigenvalue weighted by Crippen LogP contribution is -2.32. The highest BCUT2D eigenvalue weighted by Crippen LogP contribution is 2.41. The van der Waals surface area contributed by atoms with Crippen LogP contribution in [0.2, 0.25) is 0 Å². The zero-order valence-corrected chi connectivity index (χ0v) is 12.1. The lowest BCUT2D eigenvalue weighted by molar-refractivity contribution is 0.180. The normalized spacial score (nSPS) is 27.0. The van der Waals surface area contributed by atoms with E-state index in [9.17, 15) is 0 Å². The van der Waals surface area contributed by atoms with Crippen LogP contribution in [0.4, 0.5) is 0 Å². The van der Waals surface area contributed by atoms with Gasteiger partial charge in [-0.3, -0.25) is 0 Å². The second kappa shape index (κ2) is 6.01. The van der Waals surface area contributed by atoms with Crippen molar-refractivity contribution in [3.8, 4) is 0 Å². The van der Waals surface area contributed by atoms with Gasteiger partial charge in [-0.2, -0.15) is 11.3 Å². The molecule has 2 heteroatoms. The fourth-order valence-corrected chi connectivity index (χ4v) is 4.36. The fraction of sp³-hybridized carbons (Fsp3) is 0.733. The quantitative estimate of drug-likeness (QED) is 0.829. The zero-order chi connectivity index (χ0) is 12.3. The van der Waals surface area contributed by atoms with E-state index >= 15 is 0 Å². The average molecular weight is 251 g/mol. The van der Waals surface area contributed by atoms with Crippen LogP contribution in [0.25, 0.3) is 0 Å². The molecule has 0 amide bonds. The minimum Gasteiger partial charge on any atom is -0.313 e.